The van der Waals surface area contributed by atoms with Gasteiger partial charge in [-0.1, -0.05) is 26.0 Å². The first kappa shape index (κ1) is 14.2. The molecule has 0 bridgehead atoms. The number of carbonyl (C=O) groups excluding carboxylic acids is 1. The lowest BCUT2D eigenvalue weighted by molar-refractivity contribution is -0.120. The zero-order valence-corrected chi connectivity index (χ0v) is 12.0. The predicted octanol–water partition coefficient (Wildman–Crippen LogP) is 2.88. The second kappa shape index (κ2) is 6.77. The van der Waals surface area contributed by atoms with Gasteiger partial charge in [-0.15, -0.1) is 0 Å². The smallest absolute Gasteiger partial charge is 0.229 e. The lowest BCUT2D eigenvalue weighted by Crippen LogP contribution is -2.34. The Morgan fingerprint density at radius 2 is 2.00 bits per heavy atom. The molecule has 94 valence electrons. The average molecular weight is 299 g/mol. The minimum absolute atomic E-state index is 0.0212. The fourth-order valence-corrected chi connectivity index (χ4v) is 2.02. The Kier molecular flexibility index (Phi) is 5.65. The van der Waals surface area contributed by atoms with Crippen LogP contribution in [0, 0.1) is 11.8 Å². The first-order valence-electron chi connectivity index (χ1n) is 5.76. The second-order valence-electron chi connectivity index (χ2n) is 4.38. The minimum atomic E-state index is -0.0212. The summed E-state index contributed by atoms with van der Waals surface area (Å²) in [6.45, 7) is 4.80. The van der Waals surface area contributed by atoms with E-state index in [1.165, 1.54) is 0 Å². The van der Waals surface area contributed by atoms with Crippen LogP contribution in [0.1, 0.15) is 13.8 Å². The molecule has 0 aromatic heterocycles. The van der Waals surface area contributed by atoms with Crippen molar-refractivity contribution in [3.63, 3.8) is 0 Å². The summed E-state index contributed by atoms with van der Waals surface area (Å²) >= 11 is 3.42. The number of rotatable bonds is 5. The largest absolute Gasteiger partial charge is 0.325 e. The molecular weight excluding hydrogens is 280 g/mol. The van der Waals surface area contributed by atoms with E-state index in [0.29, 0.717) is 12.5 Å². The number of hydrogen-bond acceptors (Lipinski definition) is 2. The van der Waals surface area contributed by atoms with Crippen LogP contribution in [0.5, 0.6) is 0 Å². The molecule has 0 aliphatic heterocycles. The molecular formula is C13H19BrN2O. The Labute approximate surface area is 111 Å². The van der Waals surface area contributed by atoms with Crippen LogP contribution in [0.25, 0.3) is 0 Å². The monoisotopic (exact) mass is 298 g/mol. The van der Waals surface area contributed by atoms with Gasteiger partial charge >= 0.3 is 0 Å². The van der Waals surface area contributed by atoms with Gasteiger partial charge in [-0.25, -0.2) is 0 Å². The Balaban J connectivity index is 2.73. The van der Waals surface area contributed by atoms with Crippen molar-refractivity contribution in [2.45, 2.75) is 13.8 Å². The van der Waals surface area contributed by atoms with Crippen molar-refractivity contribution >= 4 is 27.5 Å². The highest BCUT2D eigenvalue weighted by molar-refractivity contribution is 9.10. The minimum Gasteiger partial charge on any atom is -0.325 e. The summed E-state index contributed by atoms with van der Waals surface area (Å²) in [6.07, 6.45) is 0. The zero-order chi connectivity index (χ0) is 12.8. The predicted molar refractivity (Wildman–Crippen MR) is 75.0 cm³/mol. The average Bonchev–Trinajstić information content (AvgIpc) is 2.28. The van der Waals surface area contributed by atoms with Gasteiger partial charge in [-0.2, -0.15) is 0 Å². The summed E-state index contributed by atoms with van der Waals surface area (Å²) in [6, 6.07) is 7.63. The first-order valence-corrected chi connectivity index (χ1v) is 6.55. The van der Waals surface area contributed by atoms with Gasteiger partial charge < -0.3 is 10.6 Å². The Morgan fingerprint density at radius 3 is 2.53 bits per heavy atom. The lowest BCUT2D eigenvalue weighted by atomic mass is 9.95. The lowest BCUT2D eigenvalue weighted by Gasteiger charge is -2.20. The molecule has 2 N–H and O–H groups in total. The van der Waals surface area contributed by atoms with E-state index in [4.69, 9.17) is 0 Å². The number of hydrogen-bond donors (Lipinski definition) is 2. The van der Waals surface area contributed by atoms with Gasteiger partial charge in [0.25, 0.3) is 0 Å². The third kappa shape index (κ3) is 4.13. The Hall–Kier alpha value is -0.870. The highest BCUT2D eigenvalue weighted by atomic mass is 79.9. The maximum absolute atomic E-state index is 12.1. The van der Waals surface area contributed by atoms with E-state index in [1.807, 2.05) is 31.3 Å². The molecule has 1 atom stereocenters. The highest BCUT2D eigenvalue weighted by Gasteiger charge is 2.21. The molecule has 3 nitrogen and oxygen atoms in total. The van der Waals surface area contributed by atoms with Crippen LogP contribution in [-0.4, -0.2) is 19.5 Å². The first-order chi connectivity index (χ1) is 8.06. The second-order valence-corrected chi connectivity index (χ2v) is 5.23. The molecule has 1 amide bonds. The van der Waals surface area contributed by atoms with Crippen molar-refractivity contribution in [3.05, 3.63) is 28.7 Å². The van der Waals surface area contributed by atoms with Gasteiger partial charge in [-0.3, -0.25) is 4.79 Å². The van der Waals surface area contributed by atoms with Crippen molar-refractivity contribution in [1.29, 1.82) is 0 Å². The van der Waals surface area contributed by atoms with Crippen molar-refractivity contribution in [2.24, 2.45) is 11.8 Å². The third-order valence-corrected chi connectivity index (χ3v) is 3.39. The molecule has 0 aliphatic carbocycles. The maximum Gasteiger partial charge on any atom is 0.229 e. The number of para-hydroxylation sites is 1. The molecule has 1 unspecified atom stereocenters. The summed E-state index contributed by atoms with van der Waals surface area (Å²) in [5.74, 6) is 0.346. The van der Waals surface area contributed by atoms with Crippen molar-refractivity contribution in [3.8, 4) is 0 Å². The number of nitrogens with one attached hydrogen (secondary N) is 2. The van der Waals surface area contributed by atoms with Crippen LogP contribution in [0.4, 0.5) is 5.69 Å². The molecule has 1 aromatic rings. The van der Waals surface area contributed by atoms with Crippen LogP contribution < -0.4 is 10.6 Å². The molecule has 0 aliphatic rings. The molecule has 17 heavy (non-hydrogen) atoms. The standard InChI is InChI=1S/C13H19BrN2O/c1-9(2)10(8-15-3)13(17)16-12-7-5-4-6-11(12)14/h4-7,9-10,15H,8H2,1-3H3,(H,16,17). The number of benzene rings is 1. The van der Waals surface area contributed by atoms with Crippen LogP contribution in [0.15, 0.2) is 28.7 Å². The van der Waals surface area contributed by atoms with Gasteiger partial charge in [0.15, 0.2) is 0 Å². The molecule has 0 heterocycles. The molecule has 0 spiro atoms. The van der Waals surface area contributed by atoms with Gasteiger partial charge in [0, 0.05) is 11.0 Å². The zero-order valence-electron chi connectivity index (χ0n) is 10.5. The fraction of sp³-hybridized carbons (Fsp3) is 0.462. The van der Waals surface area contributed by atoms with Gasteiger partial charge in [0.2, 0.25) is 5.91 Å². The number of carbonyl (C=O) groups is 1. The number of anilines is 1. The van der Waals surface area contributed by atoms with E-state index in [1.54, 1.807) is 0 Å². The normalized spacial score (nSPS) is 12.5. The SMILES string of the molecule is CNCC(C(=O)Nc1ccccc1Br)C(C)C. The van der Waals surface area contributed by atoms with Crippen LogP contribution in [0.2, 0.25) is 0 Å². The molecule has 0 saturated carbocycles. The van der Waals surface area contributed by atoms with E-state index in [-0.39, 0.29) is 11.8 Å². The van der Waals surface area contributed by atoms with Crippen LogP contribution in [-0.2, 0) is 4.79 Å². The van der Waals surface area contributed by atoms with Gasteiger partial charge in [0.1, 0.15) is 0 Å². The summed E-state index contributed by atoms with van der Waals surface area (Å²) in [4.78, 5) is 12.1. The number of halogens is 1. The van der Waals surface area contributed by atoms with E-state index in [9.17, 15) is 4.79 Å². The summed E-state index contributed by atoms with van der Waals surface area (Å²) < 4.78 is 0.903. The van der Waals surface area contributed by atoms with Crippen LogP contribution in [0.3, 0.4) is 0 Å². The van der Waals surface area contributed by atoms with Crippen molar-refractivity contribution in [2.75, 3.05) is 18.9 Å². The van der Waals surface area contributed by atoms with Crippen molar-refractivity contribution in [1.82, 2.24) is 5.32 Å². The van der Waals surface area contributed by atoms with E-state index in [0.717, 1.165) is 10.2 Å². The Morgan fingerprint density at radius 1 is 1.35 bits per heavy atom. The molecule has 1 aromatic carbocycles. The molecule has 4 heteroatoms. The third-order valence-electron chi connectivity index (χ3n) is 2.70. The molecule has 0 radical (unpaired) electrons. The number of amides is 1. The highest BCUT2D eigenvalue weighted by Crippen LogP contribution is 2.22. The van der Waals surface area contributed by atoms with Gasteiger partial charge in [0.05, 0.1) is 11.6 Å². The van der Waals surface area contributed by atoms with E-state index >= 15 is 0 Å². The molecule has 0 fully saturated rings. The molecule has 1 rings (SSSR count). The van der Waals surface area contributed by atoms with Gasteiger partial charge in [-0.05, 0) is 41.0 Å². The molecule has 0 saturated heterocycles. The topological polar surface area (TPSA) is 41.1 Å². The summed E-state index contributed by atoms with van der Waals surface area (Å²) in [5, 5.41) is 6.01. The summed E-state index contributed by atoms with van der Waals surface area (Å²) in [7, 11) is 1.86. The van der Waals surface area contributed by atoms with Crippen LogP contribution >= 0.6 is 15.9 Å². The van der Waals surface area contributed by atoms with E-state index < -0.39 is 0 Å². The van der Waals surface area contributed by atoms with Crippen molar-refractivity contribution < 1.29 is 4.79 Å². The quantitative estimate of drug-likeness (QED) is 0.878. The maximum atomic E-state index is 12.1. The Bertz CT molecular complexity index is 379. The fourth-order valence-electron chi connectivity index (χ4n) is 1.64. The summed E-state index contributed by atoms with van der Waals surface area (Å²) in [5.41, 5.74) is 0.819. The van der Waals surface area contributed by atoms with E-state index in [2.05, 4.69) is 40.4 Å².